The summed E-state index contributed by atoms with van der Waals surface area (Å²) >= 11 is 0. The molecule has 2 heterocycles. The van der Waals surface area contributed by atoms with Crippen LogP contribution in [0.4, 0.5) is 0 Å². The molecule has 0 saturated heterocycles. The Labute approximate surface area is 156 Å². The molecule has 0 unspecified atom stereocenters. The SMILES string of the molecule is O=C(O)c1cccc(C(=O)NC2(c3ccc4c(c3)OCCO4)CCCC2)n1. The smallest absolute Gasteiger partial charge is 0.354 e. The zero-order valence-corrected chi connectivity index (χ0v) is 14.7. The number of rotatable bonds is 4. The van der Waals surface area contributed by atoms with Gasteiger partial charge in [0.1, 0.15) is 24.6 Å². The minimum Gasteiger partial charge on any atom is -0.486 e. The third kappa shape index (κ3) is 3.32. The number of ether oxygens (including phenoxy) is 2. The molecule has 7 nitrogen and oxygen atoms in total. The number of aromatic nitrogens is 1. The highest BCUT2D eigenvalue weighted by Crippen LogP contribution is 2.42. The molecule has 1 aromatic carbocycles. The zero-order valence-electron chi connectivity index (χ0n) is 14.7. The van der Waals surface area contributed by atoms with Crippen LogP contribution in [0.3, 0.4) is 0 Å². The molecular weight excluding hydrogens is 348 g/mol. The summed E-state index contributed by atoms with van der Waals surface area (Å²) in [6.07, 6.45) is 3.60. The molecule has 0 atom stereocenters. The number of fused-ring (bicyclic) bond motifs is 1. The number of pyridine rings is 1. The van der Waals surface area contributed by atoms with Gasteiger partial charge < -0.3 is 19.9 Å². The Kier molecular flexibility index (Phi) is 4.43. The number of nitrogens with one attached hydrogen (secondary N) is 1. The Morgan fingerprint density at radius 2 is 1.70 bits per heavy atom. The van der Waals surface area contributed by atoms with E-state index < -0.39 is 11.5 Å². The lowest BCUT2D eigenvalue weighted by atomic mass is 9.87. The van der Waals surface area contributed by atoms with Crippen LogP contribution in [-0.2, 0) is 5.54 Å². The van der Waals surface area contributed by atoms with E-state index in [2.05, 4.69) is 10.3 Å². The van der Waals surface area contributed by atoms with Crippen LogP contribution >= 0.6 is 0 Å². The Hall–Kier alpha value is -3.09. The average molecular weight is 368 g/mol. The minimum atomic E-state index is -1.16. The average Bonchev–Trinajstić information content (AvgIpc) is 3.17. The van der Waals surface area contributed by atoms with Gasteiger partial charge in [0.25, 0.3) is 5.91 Å². The number of carboxylic acid groups (broad SMARTS) is 1. The predicted octanol–water partition coefficient (Wildman–Crippen LogP) is 2.75. The topological polar surface area (TPSA) is 97.8 Å². The molecule has 0 bridgehead atoms. The number of carbonyl (C=O) groups is 2. The van der Waals surface area contributed by atoms with Crippen LogP contribution in [-0.4, -0.2) is 35.2 Å². The summed E-state index contributed by atoms with van der Waals surface area (Å²) in [5.74, 6) is -0.146. The lowest BCUT2D eigenvalue weighted by Gasteiger charge is -2.32. The number of hydrogen-bond acceptors (Lipinski definition) is 5. The first-order valence-corrected chi connectivity index (χ1v) is 9.00. The summed E-state index contributed by atoms with van der Waals surface area (Å²) in [6.45, 7) is 1.03. The van der Waals surface area contributed by atoms with E-state index in [-0.39, 0.29) is 17.3 Å². The second-order valence-corrected chi connectivity index (χ2v) is 6.81. The highest BCUT2D eigenvalue weighted by molar-refractivity contribution is 5.94. The number of nitrogens with zero attached hydrogens (tertiary/aromatic N) is 1. The Balaban J connectivity index is 1.64. The van der Waals surface area contributed by atoms with E-state index in [0.717, 1.165) is 31.2 Å². The van der Waals surface area contributed by atoms with Gasteiger partial charge in [-0.1, -0.05) is 25.0 Å². The maximum Gasteiger partial charge on any atom is 0.354 e. The van der Waals surface area contributed by atoms with Crippen LogP contribution in [0.1, 0.15) is 52.2 Å². The van der Waals surface area contributed by atoms with Crippen molar-refractivity contribution in [3.05, 3.63) is 53.3 Å². The Morgan fingerprint density at radius 3 is 2.44 bits per heavy atom. The summed E-state index contributed by atoms with van der Waals surface area (Å²) in [4.78, 5) is 27.9. The molecule has 1 aliphatic carbocycles. The molecular formula is C20H20N2O5. The largest absolute Gasteiger partial charge is 0.486 e. The van der Waals surface area contributed by atoms with Crippen molar-refractivity contribution < 1.29 is 24.2 Å². The normalized spacial score (nSPS) is 17.3. The van der Waals surface area contributed by atoms with Crippen molar-refractivity contribution in [1.29, 1.82) is 0 Å². The van der Waals surface area contributed by atoms with Crippen molar-refractivity contribution in [2.24, 2.45) is 0 Å². The number of amides is 1. The molecule has 1 aliphatic heterocycles. The molecule has 1 fully saturated rings. The molecule has 2 N–H and O–H groups in total. The number of benzene rings is 1. The van der Waals surface area contributed by atoms with Crippen LogP contribution in [0.5, 0.6) is 11.5 Å². The van der Waals surface area contributed by atoms with Gasteiger partial charge in [0.2, 0.25) is 0 Å². The zero-order chi connectivity index (χ0) is 18.9. The van der Waals surface area contributed by atoms with Crippen molar-refractivity contribution in [3.63, 3.8) is 0 Å². The molecule has 7 heteroatoms. The van der Waals surface area contributed by atoms with Crippen LogP contribution in [0.2, 0.25) is 0 Å². The van der Waals surface area contributed by atoms with E-state index in [1.807, 2.05) is 18.2 Å². The number of carbonyl (C=O) groups excluding carboxylic acids is 1. The van der Waals surface area contributed by atoms with Crippen molar-refractivity contribution >= 4 is 11.9 Å². The van der Waals surface area contributed by atoms with Gasteiger partial charge in [-0.05, 0) is 42.7 Å². The summed E-state index contributed by atoms with van der Waals surface area (Å²) in [7, 11) is 0. The molecule has 1 amide bonds. The van der Waals surface area contributed by atoms with Crippen molar-refractivity contribution in [1.82, 2.24) is 10.3 Å². The van der Waals surface area contributed by atoms with Gasteiger partial charge in [-0.3, -0.25) is 4.79 Å². The lowest BCUT2D eigenvalue weighted by molar-refractivity contribution is 0.0690. The van der Waals surface area contributed by atoms with Crippen molar-refractivity contribution in [2.45, 2.75) is 31.2 Å². The molecule has 1 aromatic heterocycles. The minimum absolute atomic E-state index is 0.0960. The third-order valence-corrected chi connectivity index (χ3v) is 5.11. The predicted molar refractivity (Wildman–Crippen MR) is 96.2 cm³/mol. The van der Waals surface area contributed by atoms with Gasteiger partial charge in [-0.25, -0.2) is 9.78 Å². The molecule has 0 spiro atoms. The van der Waals surface area contributed by atoms with Crippen molar-refractivity contribution in [3.8, 4) is 11.5 Å². The molecule has 140 valence electrons. The quantitative estimate of drug-likeness (QED) is 0.861. The molecule has 4 rings (SSSR count). The fraction of sp³-hybridized carbons (Fsp3) is 0.350. The summed E-state index contributed by atoms with van der Waals surface area (Å²) in [6, 6.07) is 10.2. The fourth-order valence-electron chi connectivity index (χ4n) is 3.77. The van der Waals surface area contributed by atoms with Gasteiger partial charge in [-0.15, -0.1) is 0 Å². The third-order valence-electron chi connectivity index (χ3n) is 5.11. The fourth-order valence-corrected chi connectivity index (χ4v) is 3.77. The highest BCUT2D eigenvalue weighted by Gasteiger charge is 2.38. The first-order valence-electron chi connectivity index (χ1n) is 9.00. The van der Waals surface area contributed by atoms with Crippen LogP contribution in [0.25, 0.3) is 0 Å². The van der Waals surface area contributed by atoms with E-state index in [0.29, 0.717) is 24.7 Å². The highest BCUT2D eigenvalue weighted by atomic mass is 16.6. The van der Waals surface area contributed by atoms with Gasteiger partial charge >= 0.3 is 5.97 Å². The maximum absolute atomic E-state index is 12.8. The maximum atomic E-state index is 12.8. The van der Waals surface area contributed by atoms with E-state index in [9.17, 15) is 9.59 Å². The van der Waals surface area contributed by atoms with Gasteiger partial charge in [0.05, 0.1) is 5.54 Å². The van der Waals surface area contributed by atoms with E-state index in [1.165, 1.54) is 18.2 Å². The second kappa shape index (κ2) is 6.90. The van der Waals surface area contributed by atoms with Crippen LogP contribution < -0.4 is 14.8 Å². The molecule has 1 saturated carbocycles. The van der Waals surface area contributed by atoms with E-state index >= 15 is 0 Å². The lowest BCUT2D eigenvalue weighted by Crippen LogP contribution is -2.44. The molecule has 2 aliphatic rings. The first-order chi connectivity index (χ1) is 13.1. The summed E-state index contributed by atoms with van der Waals surface area (Å²) < 4.78 is 11.3. The van der Waals surface area contributed by atoms with Gasteiger partial charge in [-0.2, -0.15) is 0 Å². The number of aromatic carboxylic acids is 1. The van der Waals surface area contributed by atoms with E-state index in [4.69, 9.17) is 14.6 Å². The summed E-state index contributed by atoms with van der Waals surface area (Å²) in [5.41, 5.74) is 0.390. The first kappa shape index (κ1) is 17.3. The monoisotopic (exact) mass is 368 g/mol. The van der Waals surface area contributed by atoms with E-state index in [1.54, 1.807) is 0 Å². The summed E-state index contributed by atoms with van der Waals surface area (Å²) in [5, 5.41) is 12.2. The second-order valence-electron chi connectivity index (χ2n) is 6.81. The Bertz CT molecular complexity index is 890. The number of hydrogen-bond donors (Lipinski definition) is 2. The molecule has 2 aromatic rings. The van der Waals surface area contributed by atoms with Gasteiger partial charge in [0.15, 0.2) is 11.5 Å². The van der Waals surface area contributed by atoms with Crippen LogP contribution in [0, 0.1) is 0 Å². The van der Waals surface area contributed by atoms with Crippen molar-refractivity contribution in [2.75, 3.05) is 13.2 Å². The molecule has 0 radical (unpaired) electrons. The van der Waals surface area contributed by atoms with Crippen LogP contribution in [0.15, 0.2) is 36.4 Å². The van der Waals surface area contributed by atoms with Gasteiger partial charge in [0, 0.05) is 0 Å². The number of carboxylic acids is 1. The Morgan fingerprint density at radius 1 is 1.00 bits per heavy atom. The molecule has 27 heavy (non-hydrogen) atoms. The standard InChI is InChI=1S/C20H20N2O5/c23-18(14-4-3-5-15(21-14)19(24)25)22-20(8-1-2-9-20)13-6-7-16-17(12-13)27-11-10-26-16/h3-7,12H,1-2,8-11H2,(H,22,23)(H,24,25).